The zero-order valence-electron chi connectivity index (χ0n) is 14.7. The number of epoxide rings is 1. The van der Waals surface area contributed by atoms with Crippen LogP contribution in [0, 0.1) is 11.3 Å². The lowest BCUT2D eigenvalue weighted by Crippen LogP contribution is -2.62. The molecule has 1 aromatic rings. The summed E-state index contributed by atoms with van der Waals surface area (Å²) in [6, 6.07) is 1.55. The van der Waals surface area contributed by atoms with Gasteiger partial charge in [-0.05, 0) is 18.1 Å². The number of aliphatic hydroxyl groups is 1. The van der Waals surface area contributed by atoms with Gasteiger partial charge >= 0.3 is 11.6 Å². The fourth-order valence-electron chi connectivity index (χ4n) is 5.90. The smallest absolute Gasteiger partial charge is 0.336 e. The Bertz CT molecular complexity index is 856. The van der Waals surface area contributed by atoms with Gasteiger partial charge in [-0.2, -0.15) is 0 Å². The number of aliphatic hydroxyl groups excluding tert-OH is 1. The van der Waals surface area contributed by atoms with Crippen LogP contribution in [0.5, 0.6) is 0 Å². The first kappa shape index (κ1) is 15.6. The molecule has 2 aliphatic carbocycles. The van der Waals surface area contributed by atoms with Crippen LogP contribution < -0.4 is 5.63 Å². The monoisotopic (exact) mass is 346 g/mol. The van der Waals surface area contributed by atoms with Crippen molar-refractivity contribution in [1.29, 1.82) is 0 Å². The van der Waals surface area contributed by atoms with E-state index in [1.54, 1.807) is 13.0 Å². The maximum atomic E-state index is 12.7. The summed E-state index contributed by atoms with van der Waals surface area (Å²) in [5.41, 5.74) is -0.0816. The van der Waals surface area contributed by atoms with Gasteiger partial charge in [0.15, 0.2) is 0 Å². The molecule has 7 atom stereocenters. The third kappa shape index (κ3) is 1.59. The van der Waals surface area contributed by atoms with Crippen molar-refractivity contribution >= 4 is 5.97 Å². The van der Waals surface area contributed by atoms with Gasteiger partial charge in [0, 0.05) is 29.7 Å². The third-order valence-corrected chi connectivity index (χ3v) is 7.01. The van der Waals surface area contributed by atoms with Crippen molar-refractivity contribution in [3.8, 4) is 0 Å². The topological polar surface area (TPSA) is 89.3 Å². The largest absolute Gasteiger partial charge is 0.461 e. The minimum Gasteiger partial charge on any atom is -0.461 e. The van der Waals surface area contributed by atoms with Crippen molar-refractivity contribution in [3.63, 3.8) is 0 Å². The number of rotatable bonds is 1. The van der Waals surface area contributed by atoms with Gasteiger partial charge < -0.3 is 19.0 Å². The molecular weight excluding hydrogens is 324 g/mol. The van der Waals surface area contributed by atoms with E-state index in [0.717, 1.165) is 11.1 Å². The molecule has 1 aromatic heterocycles. The second-order valence-electron chi connectivity index (χ2n) is 8.63. The lowest BCUT2D eigenvalue weighted by molar-refractivity contribution is -0.154. The van der Waals surface area contributed by atoms with Crippen LogP contribution in [0.4, 0.5) is 0 Å². The van der Waals surface area contributed by atoms with Crippen LogP contribution >= 0.6 is 0 Å². The molecule has 25 heavy (non-hydrogen) atoms. The molecule has 3 fully saturated rings. The van der Waals surface area contributed by atoms with Crippen LogP contribution in [-0.4, -0.2) is 35.5 Å². The van der Waals surface area contributed by atoms with E-state index in [9.17, 15) is 14.7 Å². The number of esters is 1. The van der Waals surface area contributed by atoms with Crippen molar-refractivity contribution < 1.29 is 23.8 Å². The van der Waals surface area contributed by atoms with Gasteiger partial charge in [0.2, 0.25) is 0 Å². The summed E-state index contributed by atoms with van der Waals surface area (Å²) >= 11 is 0. The van der Waals surface area contributed by atoms with Crippen molar-refractivity contribution in [3.05, 3.63) is 33.4 Å². The first-order valence-corrected chi connectivity index (χ1v) is 8.92. The normalized spacial score (nSPS) is 46.3. The predicted molar refractivity (Wildman–Crippen MR) is 86.3 cm³/mol. The minimum absolute atomic E-state index is 0.0522. The Morgan fingerprint density at radius 1 is 1.24 bits per heavy atom. The summed E-state index contributed by atoms with van der Waals surface area (Å²) in [5.74, 6) is 0.125. The van der Waals surface area contributed by atoms with E-state index in [1.165, 1.54) is 0 Å². The molecule has 6 nitrogen and oxygen atoms in total. The number of hydrogen-bond acceptors (Lipinski definition) is 6. The standard InChI is InChI=1S/C19H22O6/c1-7(2)12-8-5-10-14-18(3,9(8)6-11(20)24-12)16-13(25-16)15(21)19(14,4)17(22)23-10/h6-7,10,13-16,21H,5H2,1-4H3/t10?,13-,14+,15-,16-,18+,19+/m0/s1. The highest BCUT2D eigenvalue weighted by molar-refractivity contribution is 5.82. The highest BCUT2D eigenvalue weighted by atomic mass is 16.6. The minimum atomic E-state index is -1.01. The zero-order chi connectivity index (χ0) is 17.9. The molecule has 1 N–H and O–H groups in total. The van der Waals surface area contributed by atoms with Crippen LogP contribution in [0.25, 0.3) is 0 Å². The summed E-state index contributed by atoms with van der Waals surface area (Å²) in [6.07, 6.45) is -1.30. The second kappa shape index (κ2) is 4.35. The summed E-state index contributed by atoms with van der Waals surface area (Å²) in [4.78, 5) is 24.9. The van der Waals surface area contributed by atoms with Gasteiger partial charge in [0.05, 0.1) is 12.2 Å². The zero-order valence-corrected chi connectivity index (χ0v) is 14.7. The van der Waals surface area contributed by atoms with E-state index in [-0.39, 0.29) is 35.6 Å². The lowest BCUT2D eigenvalue weighted by Gasteiger charge is -2.50. The molecular formula is C19H22O6. The van der Waals surface area contributed by atoms with Gasteiger partial charge in [-0.15, -0.1) is 0 Å². The van der Waals surface area contributed by atoms with Crippen LogP contribution in [-0.2, 0) is 26.1 Å². The number of fused-ring (bicyclic) bond motifs is 4. The van der Waals surface area contributed by atoms with Crippen LogP contribution in [0.1, 0.15) is 50.5 Å². The molecule has 2 aliphatic heterocycles. The summed E-state index contributed by atoms with van der Waals surface area (Å²) < 4.78 is 17.1. The predicted octanol–water partition coefficient (Wildman–Crippen LogP) is 1.27. The average Bonchev–Trinajstić information content (AvgIpc) is 3.29. The van der Waals surface area contributed by atoms with Gasteiger partial charge in [0.25, 0.3) is 0 Å². The van der Waals surface area contributed by atoms with Crippen LogP contribution in [0.3, 0.4) is 0 Å². The molecule has 4 aliphatic rings. The summed E-state index contributed by atoms with van der Waals surface area (Å²) in [5, 5.41) is 10.7. The van der Waals surface area contributed by atoms with Gasteiger partial charge in [-0.1, -0.05) is 20.8 Å². The molecule has 0 radical (unpaired) electrons. The van der Waals surface area contributed by atoms with Gasteiger partial charge in [0.1, 0.15) is 23.4 Å². The Kier molecular flexibility index (Phi) is 2.71. The number of carbonyl (C=O) groups is 1. The van der Waals surface area contributed by atoms with E-state index >= 15 is 0 Å². The van der Waals surface area contributed by atoms with Gasteiger partial charge in [-0.3, -0.25) is 4.79 Å². The Hall–Kier alpha value is -1.66. The van der Waals surface area contributed by atoms with Crippen molar-refractivity contribution in [2.45, 2.75) is 69.9 Å². The Labute approximate surface area is 145 Å². The van der Waals surface area contributed by atoms with Crippen molar-refractivity contribution in [1.82, 2.24) is 0 Å². The maximum absolute atomic E-state index is 12.7. The van der Waals surface area contributed by atoms with Crippen molar-refractivity contribution in [2.24, 2.45) is 11.3 Å². The maximum Gasteiger partial charge on any atom is 0.336 e. The fraction of sp³-hybridized carbons (Fsp3) is 0.684. The highest BCUT2D eigenvalue weighted by Crippen LogP contribution is 2.66. The number of carbonyl (C=O) groups excluding carboxylic acids is 1. The third-order valence-electron chi connectivity index (χ3n) is 7.01. The molecule has 134 valence electrons. The Balaban J connectivity index is 1.81. The van der Waals surface area contributed by atoms with E-state index < -0.39 is 23.0 Å². The fourth-order valence-corrected chi connectivity index (χ4v) is 5.90. The molecule has 1 saturated carbocycles. The van der Waals surface area contributed by atoms with E-state index in [1.807, 2.05) is 20.8 Å². The molecule has 3 heterocycles. The second-order valence-corrected chi connectivity index (χ2v) is 8.63. The summed E-state index contributed by atoms with van der Waals surface area (Å²) in [6.45, 7) is 7.79. The average molecular weight is 346 g/mol. The lowest BCUT2D eigenvalue weighted by atomic mass is 9.49. The van der Waals surface area contributed by atoms with E-state index in [2.05, 4.69) is 0 Å². The van der Waals surface area contributed by atoms with Crippen molar-refractivity contribution in [2.75, 3.05) is 0 Å². The summed E-state index contributed by atoms with van der Waals surface area (Å²) in [7, 11) is 0. The highest BCUT2D eigenvalue weighted by Gasteiger charge is 2.78. The number of hydrogen-bond donors (Lipinski definition) is 1. The molecule has 0 bridgehead atoms. The van der Waals surface area contributed by atoms with Gasteiger partial charge in [-0.25, -0.2) is 4.79 Å². The SMILES string of the molecule is CC(C)c1oc(=O)cc2c1CC1OC(=O)[C@@]3(C)[C@@H](O)[C@@H]4O[C@@H]4[C@@]2(C)[C@@H]13. The molecule has 0 aromatic carbocycles. The van der Waals surface area contributed by atoms with E-state index in [4.69, 9.17) is 13.9 Å². The molecule has 5 rings (SSSR count). The van der Waals surface area contributed by atoms with E-state index in [0.29, 0.717) is 12.2 Å². The Morgan fingerprint density at radius 3 is 2.64 bits per heavy atom. The molecule has 0 amide bonds. The first-order valence-electron chi connectivity index (χ1n) is 8.92. The molecule has 0 spiro atoms. The first-order chi connectivity index (χ1) is 11.7. The molecule has 6 heteroatoms. The molecule has 2 saturated heterocycles. The van der Waals surface area contributed by atoms with Crippen LogP contribution in [0.2, 0.25) is 0 Å². The quantitative estimate of drug-likeness (QED) is 0.608. The van der Waals surface area contributed by atoms with Crippen LogP contribution in [0.15, 0.2) is 15.3 Å². The number of ether oxygens (including phenoxy) is 2. The Morgan fingerprint density at radius 2 is 1.96 bits per heavy atom. The molecule has 1 unspecified atom stereocenters.